The van der Waals surface area contributed by atoms with Gasteiger partial charge >= 0.3 is 6.09 Å². The molecule has 0 aromatic heterocycles. The summed E-state index contributed by atoms with van der Waals surface area (Å²) in [5, 5.41) is 3.72. The number of ether oxygens (including phenoxy) is 1. The number of carbonyl (C=O) groups excluding carboxylic acids is 1. The Hall–Kier alpha value is -1.29. The van der Waals surface area contributed by atoms with E-state index in [4.69, 9.17) is 16.3 Å². The Morgan fingerprint density at radius 2 is 2.14 bits per heavy atom. The Balaban J connectivity index is 0.00000280. The Morgan fingerprint density at radius 3 is 2.82 bits per heavy atom. The summed E-state index contributed by atoms with van der Waals surface area (Å²) in [6, 6.07) is 4.86. The summed E-state index contributed by atoms with van der Waals surface area (Å²) in [5.74, 6) is 0.512. The van der Waals surface area contributed by atoms with Crippen LogP contribution in [0.3, 0.4) is 0 Å². The first-order chi connectivity index (χ1) is 12.7. The topological polar surface area (TPSA) is 57.2 Å². The molecule has 0 bridgehead atoms. The van der Waals surface area contributed by atoms with Crippen LogP contribution >= 0.6 is 35.6 Å². The van der Waals surface area contributed by atoms with E-state index in [0.717, 1.165) is 5.96 Å². The number of aliphatic imine (C=N–C) groups is 1. The number of guanidine groups is 1. The van der Waals surface area contributed by atoms with E-state index in [-0.39, 0.29) is 41.9 Å². The lowest BCUT2D eigenvalue weighted by molar-refractivity contribution is 0.0137. The van der Waals surface area contributed by atoms with Crippen molar-refractivity contribution >= 4 is 47.6 Å². The largest absolute Gasteiger partial charge is 0.444 e. The zero-order valence-corrected chi connectivity index (χ0v) is 19.5. The van der Waals surface area contributed by atoms with E-state index in [1.807, 2.05) is 20.8 Å². The molecule has 2 aliphatic heterocycles. The highest BCUT2D eigenvalue weighted by molar-refractivity contribution is 14.0. The van der Waals surface area contributed by atoms with Crippen LogP contribution in [0.1, 0.15) is 26.3 Å². The first-order valence-electron chi connectivity index (χ1n) is 9.20. The van der Waals surface area contributed by atoms with Crippen molar-refractivity contribution in [3.05, 3.63) is 34.6 Å². The van der Waals surface area contributed by atoms with Crippen LogP contribution < -0.4 is 5.32 Å². The maximum absolute atomic E-state index is 13.9. The molecule has 0 spiro atoms. The lowest BCUT2D eigenvalue weighted by atomic mass is 10.1. The molecule has 1 unspecified atom stereocenters. The Labute approximate surface area is 187 Å². The highest BCUT2D eigenvalue weighted by Crippen LogP contribution is 2.20. The van der Waals surface area contributed by atoms with Gasteiger partial charge in [0.25, 0.3) is 0 Å². The number of benzene rings is 1. The summed E-state index contributed by atoms with van der Waals surface area (Å²) in [6.45, 7) is 8.63. The predicted octanol–water partition coefficient (Wildman–Crippen LogP) is 3.52. The molecular formula is C19H27ClFIN4O2. The summed E-state index contributed by atoms with van der Waals surface area (Å²) in [5.41, 5.74) is 0.0118. The van der Waals surface area contributed by atoms with Gasteiger partial charge in [-0.25, -0.2) is 9.18 Å². The highest BCUT2D eigenvalue weighted by Gasteiger charge is 2.36. The fourth-order valence-electron chi connectivity index (χ4n) is 3.29. The zero-order chi connectivity index (χ0) is 19.6. The Bertz CT molecular complexity index is 721. The lowest BCUT2D eigenvalue weighted by Gasteiger charge is -2.39. The molecule has 0 aliphatic carbocycles. The molecule has 9 heteroatoms. The number of amides is 1. The van der Waals surface area contributed by atoms with E-state index in [1.165, 1.54) is 6.07 Å². The van der Waals surface area contributed by atoms with Crippen molar-refractivity contribution in [3.63, 3.8) is 0 Å². The molecule has 6 nitrogen and oxygen atoms in total. The Morgan fingerprint density at radius 1 is 1.39 bits per heavy atom. The van der Waals surface area contributed by atoms with Crippen molar-refractivity contribution in [2.24, 2.45) is 4.99 Å². The highest BCUT2D eigenvalue weighted by atomic mass is 127. The van der Waals surface area contributed by atoms with Gasteiger partial charge in [0, 0.05) is 36.8 Å². The van der Waals surface area contributed by atoms with Gasteiger partial charge in [0.05, 0.1) is 12.6 Å². The first-order valence-corrected chi connectivity index (χ1v) is 9.58. The van der Waals surface area contributed by atoms with Crippen LogP contribution in [-0.2, 0) is 11.2 Å². The van der Waals surface area contributed by atoms with Gasteiger partial charge in [0.15, 0.2) is 5.96 Å². The third kappa shape index (κ3) is 5.62. The summed E-state index contributed by atoms with van der Waals surface area (Å²) < 4.78 is 19.3. The van der Waals surface area contributed by atoms with Crippen LogP contribution in [0.25, 0.3) is 0 Å². The van der Waals surface area contributed by atoms with E-state index in [1.54, 1.807) is 17.0 Å². The van der Waals surface area contributed by atoms with E-state index < -0.39 is 5.60 Å². The van der Waals surface area contributed by atoms with Crippen molar-refractivity contribution in [2.45, 2.75) is 38.8 Å². The smallest absolute Gasteiger partial charge is 0.410 e. The molecule has 2 aliphatic rings. The predicted molar refractivity (Wildman–Crippen MR) is 119 cm³/mol. The van der Waals surface area contributed by atoms with Gasteiger partial charge in [0.1, 0.15) is 11.4 Å². The molecule has 1 saturated heterocycles. The van der Waals surface area contributed by atoms with Gasteiger partial charge < -0.3 is 19.9 Å². The maximum Gasteiger partial charge on any atom is 0.410 e. The van der Waals surface area contributed by atoms with E-state index in [9.17, 15) is 9.18 Å². The lowest BCUT2D eigenvalue weighted by Crippen LogP contribution is -2.57. The number of nitrogens with zero attached hydrogens (tertiary/aromatic N) is 3. The molecule has 0 saturated carbocycles. The molecule has 1 aromatic carbocycles. The normalized spacial score (nSPS) is 18.9. The van der Waals surface area contributed by atoms with Crippen molar-refractivity contribution in [2.75, 3.05) is 32.7 Å². The summed E-state index contributed by atoms with van der Waals surface area (Å²) >= 11 is 6.07. The van der Waals surface area contributed by atoms with Gasteiger partial charge in [-0.1, -0.05) is 17.7 Å². The zero-order valence-electron chi connectivity index (χ0n) is 16.4. The van der Waals surface area contributed by atoms with Gasteiger partial charge in [0.2, 0.25) is 0 Å². The molecule has 1 fully saturated rings. The van der Waals surface area contributed by atoms with Crippen molar-refractivity contribution in [1.29, 1.82) is 0 Å². The van der Waals surface area contributed by atoms with Gasteiger partial charge in [-0.15, -0.1) is 24.0 Å². The molecule has 3 rings (SSSR count). The first kappa shape index (κ1) is 23.0. The summed E-state index contributed by atoms with van der Waals surface area (Å²) in [4.78, 5) is 20.7. The third-order valence-corrected chi connectivity index (χ3v) is 4.93. The quantitative estimate of drug-likeness (QED) is 0.615. The number of piperazine rings is 1. The molecule has 156 valence electrons. The maximum atomic E-state index is 13.9. The Kier molecular flexibility index (Phi) is 7.78. The second-order valence-electron chi connectivity index (χ2n) is 7.81. The van der Waals surface area contributed by atoms with Gasteiger partial charge in [-0.05, 0) is 39.3 Å². The number of hydrogen-bond donors (Lipinski definition) is 1. The van der Waals surface area contributed by atoms with Crippen LogP contribution in [0.2, 0.25) is 5.02 Å². The van der Waals surface area contributed by atoms with E-state index in [2.05, 4.69) is 15.2 Å². The third-order valence-electron chi connectivity index (χ3n) is 4.58. The van der Waals surface area contributed by atoms with Gasteiger partial charge in [-0.3, -0.25) is 4.99 Å². The van der Waals surface area contributed by atoms with Crippen LogP contribution in [0.5, 0.6) is 0 Å². The van der Waals surface area contributed by atoms with Crippen LogP contribution in [-0.4, -0.2) is 66.2 Å². The monoisotopic (exact) mass is 524 g/mol. The second kappa shape index (κ2) is 9.47. The number of halogens is 3. The molecule has 1 amide bonds. The van der Waals surface area contributed by atoms with Gasteiger partial charge in [-0.2, -0.15) is 0 Å². The molecule has 2 heterocycles. The molecule has 1 atom stereocenters. The van der Waals surface area contributed by atoms with Crippen molar-refractivity contribution < 1.29 is 13.9 Å². The molecule has 28 heavy (non-hydrogen) atoms. The average molecular weight is 525 g/mol. The van der Waals surface area contributed by atoms with Crippen molar-refractivity contribution in [3.8, 4) is 0 Å². The SMILES string of the molecule is CC(C)(C)OC(=O)N1CCN2C(NCCc3c(F)cccc3Cl)=NCC2C1.I. The van der Waals surface area contributed by atoms with Crippen LogP contribution in [0.4, 0.5) is 9.18 Å². The molecule has 1 N–H and O–H groups in total. The molecule has 0 radical (unpaired) electrons. The summed E-state index contributed by atoms with van der Waals surface area (Å²) in [7, 11) is 0. The molecule has 1 aromatic rings. The van der Waals surface area contributed by atoms with Crippen molar-refractivity contribution in [1.82, 2.24) is 15.1 Å². The minimum Gasteiger partial charge on any atom is -0.444 e. The number of rotatable bonds is 3. The van der Waals surface area contributed by atoms with E-state index in [0.29, 0.717) is 49.7 Å². The number of nitrogens with one attached hydrogen (secondary N) is 1. The number of hydrogen-bond acceptors (Lipinski definition) is 5. The fraction of sp³-hybridized carbons (Fsp3) is 0.579. The standard InChI is InChI=1S/C19H26ClFN4O2.HI/c1-19(2,3)27-18(26)24-9-10-25-13(12-24)11-23-17(25)22-8-7-14-15(20)5-4-6-16(14)21;/h4-6,13H,7-12H2,1-3H3,(H,22,23);1H. The number of carbonyl (C=O) groups is 1. The minimum atomic E-state index is -0.499. The summed E-state index contributed by atoms with van der Waals surface area (Å²) in [6.07, 6.45) is 0.199. The minimum absolute atomic E-state index is 0. The molecular weight excluding hydrogens is 498 g/mol. The van der Waals surface area contributed by atoms with E-state index >= 15 is 0 Å². The second-order valence-corrected chi connectivity index (χ2v) is 8.22. The van der Waals surface area contributed by atoms with Crippen LogP contribution in [0.15, 0.2) is 23.2 Å². The number of fused-ring (bicyclic) bond motifs is 1. The fourth-order valence-corrected chi connectivity index (χ4v) is 3.55. The average Bonchev–Trinajstić information content (AvgIpc) is 2.98. The van der Waals surface area contributed by atoms with Crippen LogP contribution in [0, 0.1) is 5.82 Å².